The molecule has 110 valence electrons. The summed E-state index contributed by atoms with van der Waals surface area (Å²) in [6, 6.07) is 6.47. The van der Waals surface area contributed by atoms with Gasteiger partial charge in [0.2, 0.25) is 0 Å². The van der Waals surface area contributed by atoms with Gasteiger partial charge in [-0.2, -0.15) is 0 Å². The van der Waals surface area contributed by atoms with Crippen LogP contribution in [0.4, 0.5) is 4.39 Å². The maximum Gasteiger partial charge on any atom is 0.151 e. The van der Waals surface area contributed by atoms with Crippen LogP contribution >= 0.6 is 0 Å². The average molecular weight is 279 g/mol. The molecule has 0 spiro atoms. The highest BCUT2D eigenvalue weighted by atomic mass is 19.1. The van der Waals surface area contributed by atoms with Gasteiger partial charge in [-0.1, -0.05) is 18.2 Å². The van der Waals surface area contributed by atoms with Crippen LogP contribution in [0.2, 0.25) is 0 Å². The molecule has 4 heteroatoms. The monoisotopic (exact) mass is 279 g/mol. The zero-order valence-corrected chi connectivity index (χ0v) is 12.0. The molecule has 0 aromatic heterocycles. The third-order valence-electron chi connectivity index (χ3n) is 3.61. The SMILES string of the molecule is CCOC1CCCN(CC(=O)Cc2ccccc2F)C1. The normalized spacial score (nSPS) is 20.0. The summed E-state index contributed by atoms with van der Waals surface area (Å²) in [5, 5.41) is 0. The molecule has 0 N–H and O–H groups in total. The number of halogens is 1. The van der Waals surface area contributed by atoms with E-state index in [9.17, 15) is 9.18 Å². The van der Waals surface area contributed by atoms with Gasteiger partial charge in [-0.3, -0.25) is 9.69 Å². The lowest BCUT2D eigenvalue weighted by Crippen LogP contribution is -2.42. The molecule has 1 aromatic carbocycles. The summed E-state index contributed by atoms with van der Waals surface area (Å²) in [5.74, 6) is -0.237. The van der Waals surface area contributed by atoms with Crippen LogP contribution in [0, 0.1) is 5.82 Å². The molecule has 0 bridgehead atoms. The van der Waals surface area contributed by atoms with Crippen LogP contribution in [-0.4, -0.2) is 43.0 Å². The molecule has 1 aromatic rings. The van der Waals surface area contributed by atoms with E-state index in [2.05, 4.69) is 4.90 Å². The first-order valence-electron chi connectivity index (χ1n) is 7.28. The third-order valence-corrected chi connectivity index (χ3v) is 3.61. The molecule has 20 heavy (non-hydrogen) atoms. The summed E-state index contributed by atoms with van der Waals surface area (Å²) in [6.07, 6.45) is 2.52. The van der Waals surface area contributed by atoms with Gasteiger partial charge in [0.1, 0.15) is 5.82 Å². The summed E-state index contributed by atoms with van der Waals surface area (Å²) < 4.78 is 19.1. The van der Waals surface area contributed by atoms with E-state index < -0.39 is 0 Å². The van der Waals surface area contributed by atoms with Crippen LogP contribution in [0.3, 0.4) is 0 Å². The second-order valence-electron chi connectivity index (χ2n) is 5.26. The molecule has 3 nitrogen and oxygen atoms in total. The average Bonchev–Trinajstić information content (AvgIpc) is 2.42. The predicted molar refractivity (Wildman–Crippen MR) is 76.2 cm³/mol. The largest absolute Gasteiger partial charge is 0.377 e. The molecule has 0 radical (unpaired) electrons. The van der Waals surface area contributed by atoms with E-state index in [0.717, 1.165) is 25.9 Å². The van der Waals surface area contributed by atoms with E-state index in [1.54, 1.807) is 18.2 Å². The fourth-order valence-electron chi connectivity index (χ4n) is 2.69. The minimum absolute atomic E-state index is 0.0623. The third kappa shape index (κ3) is 4.39. The molecule has 1 aliphatic rings. The number of nitrogens with zero attached hydrogens (tertiary/aromatic N) is 1. The number of rotatable bonds is 6. The molecule has 1 atom stereocenters. The Kier molecular flexibility index (Phi) is 5.68. The van der Waals surface area contributed by atoms with E-state index in [4.69, 9.17) is 4.74 Å². The minimum atomic E-state index is -0.299. The maximum atomic E-state index is 13.5. The summed E-state index contributed by atoms with van der Waals surface area (Å²) in [7, 11) is 0. The first kappa shape index (κ1) is 15.1. The van der Waals surface area contributed by atoms with E-state index >= 15 is 0 Å². The van der Waals surface area contributed by atoms with Gasteiger partial charge in [-0.25, -0.2) is 4.39 Å². The lowest BCUT2D eigenvalue weighted by atomic mass is 10.1. The minimum Gasteiger partial charge on any atom is -0.377 e. The van der Waals surface area contributed by atoms with E-state index in [1.807, 2.05) is 6.92 Å². The van der Waals surface area contributed by atoms with Crippen molar-refractivity contribution in [1.29, 1.82) is 0 Å². The first-order chi connectivity index (χ1) is 9.69. The van der Waals surface area contributed by atoms with Gasteiger partial charge in [0, 0.05) is 19.6 Å². The zero-order valence-electron chi connectivity index (χ0n) is 12.0. The van der Waals surface area contributed by atoms with Crippen molar-refractivity contribution in [1.82, 2.24) is 4.90 Å². The highest BCUT2D eigenvalue weighted by molar-refractivity contribution is 5.82. The summed E-state index contributed by atoms with van der Waals surface area (Å²) in [5.41, 5.74) is 0.482. The highest BCUT2D eigenvalue weighted by Gasteiger charge is 2.21. The Balaban J connectivity index is 1.84. The molecule has 2 rings (SSSR count). The Morgan fingerprint density at radius 3 is 3.00 bits per heavy atom. The smallest absolute Gasteiger partial charge is 0.151 e. The van der Waals surface area contributed by atoms with Gasteiger partial charge in [0.25, 0.3) is 0 Å². The standard InChI is InChI=1S/C16H22FNO2/c1-2-20-15-7-5-9-18(12-15)11-14(19)10-13-6-3-4-8-16(13)17/h3-4,6,8,15H,2,5,7,9-12H2,1H3. The molecular weight excluding hydrogens is 257 g/mol. The van der Waals surface area contributed by atoms with Crippen LogP contribution in [0.1, 0.15) is 25.3 Å². The van der Waals surface area contributed by atoms with Crippen LogP contribution in [-0.2, 0) is 16.0 Å². The van der Waals surface area contributed by atoms with Crippen LogP contribution in [0.5, 0.6) is 0 Å². The number of ether oxygens (including phenoxy) is 1. The number of hydrogen-bond acceptors (Lipinski definition) is 3. The second-order valence-corrected chi connectivity index (χ2v) is 5.26. The van der Waals surface area contributed by atoms with Gasteiger partial charge in [0.05, 0.1) is 12.6 Å². The summed E-state index contributed by atoms with van der Waals surface area (Å²) in [4.78, 5) is 14.2. The van der Waals surface area contributed by atoms with Crippen molar-refractivity contribution in [3.63, 3.8) is 0 Å². The molecule has 0 aliphatic carbocycles. The van der Waals surface area contributed by atoms with Gasteiger partial charge in [-0.15, -0.1) is 0 Å². The van der Waals surface area contributed by atoms with Crippen molar-refractivity contribution in [3.8, 4) is 0 Å². The maximum absolute atomic E-state index is 13.5. The molecule has 1 unspecified atom stereocenters. The highest BCUT2D eigenvalue weighted by Crippen LogP contribution is 2.14. The Bertz CT molecular complexity index is 448. The van der Waals surface area contributed by atoms with Crippen molar-refractivity contribution in [2.75, 3.05) is 26.2 Å². The van der Waals surface area contributed by atoms with Crippen LogP contribution in [0.25, 0.3) is 0 Å². The fourth-order valence-corrected chi connectivity index (χ4v) is 2.69. The summed E-state index contributed by atoms with van der Waals surface area (Å²) in [6.45, 7) is 4.81. The van der Waals surface area contributed by atoms with Gasteiger partial charge < -0.3 is 4.74 Å². The number of carbonyl (C=O) groups excluding carboxylic acids is 1. The first-order valence-corrected chi connectivity index (χ1v) is 7.28. The molecule has 0 amide bonds. The quantitative estimate of drug-likeness (QED) is 0.801. The number of likely N-dealkylation sites (tertiary alicyclic amines) is 1. The topological polar surface area (TPSA) is 29.5 Å². The molecule has 1 heterocycles. The molecular formula is C16H22FNO2. The van der Waals surface area contributed by atoms with Gasteiger partial charge in [-0.05, 0) is 37.9 Å². The number of Topliss-reactive ketones (excluding diaryl/α,β-unsaturated/α-hetero) is 1. The molecule has 1 aliphatic heterocycles. The second kappa shape index (κ2) is 7.50. The number of carbonyl (C=O) groups is 1. The van der Waals surface area contributed by atoms with Crippen molar-refractivity contribution >= 4 is 5.78 Å². The number of benzene rings is 1. The Hall–Kier alpha value is -1.26. The van der Waals surface area contributed by atoms with Crippen molar-refractivity contribution in [2.24, 2.45) is 0 Å². The Morgan fingerprint density at radius 1 is 1.45 bits per heavy atom. The van der Waals surface area contributed by atoms with Crippen molar-refractivity contribution in [2.45, 2.75) is 32.3 Å². The van der Waals surface area contributed by atoms with E-state index in [-0.39, 0.29) is 24.1 Å². The number of hydrogen-bond donors (Lipinski definition) is 0. The van der Waals surface area contributed by atoms with Crippen LogP contribution < -0.4 is 0 Å². The molecule has 0 saturated carbocycles. The predicted octanol–water partition coefficient (Wildman–Crippen LogP) is 2.44. The van der Waals surface area contributed by atoms with Gasteiger partial charge in [0.15, 0.2) is 5.78 Å². The zero-order chi connectivity index (χ0) is 14.4. The van der Waals surface area contributed by atoms with E-state index in [0.29, 0.717) is 18.7 Å². The van der Waals surface area contributed by atoms with Crippen LogP contribution in [0.15, 0.2) is 24.3 Å². The number of ketones is 1. The van der Waals surface area contributed by atoms with Crippen molar-refractivity contribution < 1.29 is 13.9 Å². The molecule has 1 saturated heterocycles. The number of piperidine rings is 1. The van der Waals surface area contributed by atoms with E-state index in [1.165, 1.54) is 6.07 Å². The summed E-state index contributed by atoms with van der Waals surface area (Å²) >= 11 is 0. The Morgan fingerprint density at radius 2 is 2.25 bits per heavy atom. The van der Waals surface area contributed by atoms with Gasteiger partial charge >= 0.3 is 0 Å². The van der Waals surface area contributed by atoms with Crippen molar-refractivity contribution in [3.05, 3.63) is 35.6 Å². The lowest BCUT2D eigenvalue weighted by Gasteiger charge is -2.31. The lowest BCUT2D eigenvalue weighted by molar-refractivity contribution is -0.120. The Labute approximate surface area is 119 Å². The molecule has 1 fully saturated rings. The fraction of sp³-hybridized carbons (Fsp3) is 0.562.